The number of fused-ring (bicyclic) bond motifs is 1. The van der Waals surface area contributed by atoms with Gasteiger partial charge in [0, 0.05) is 16.7 Å². The number of allylic oxidation sites excluding steroid dienone is 1. The molecule has 31 heavy (non-hydrogen) atoms. The average molecular weight is 516 g/mol. The molecule has 1 aromatic carbocycles. The van der Waals surface area contributed by atoms with Crippen molar-refractivity contribution in [2.45, 2.75) is 57.8 Å². The first-order chi connectivity index (χ1) is 14.6. The molecule has 5 nitrogen and oxygen atoms in total. The van der Waals surface area contributed by atoms with Gasteiger partial charge >= 0.3 is 0 Å². The first-order valence-corrected chi connectivity index (χ1v) is 12.8. The van der Waals surface area contributed by atoms with E-state index in [-0.39, 0.29) is 52.4 Å². The number of unbranched alkanes of at least 4 members (excludes halogenated alkanes) is 7. The third kappa shape index (κ3) is 8.72. The van der Waals surface area contributed by atoms with Gasteiger partial charge in [-0.3, -0.25) is 9.59 Å². The highest BCUT2D eigenvalue weighted by Gasteiger charge is 2.31. The number of ketones is 2. The lowest BCUT2D eigenvalue weighted by Crippen LogP contribution is -3.00. The summed E-state index contributed by atoms with van der Waals surface area (Å²) in [7, 11) is 0.163. The van der Waals surface area contributed by atoms with Crippen molar-refractivity contribution >= 4 is 28.2 Å². The number of hydrogen-bond acceptors (Lipinski definition) is 5. The predicted molar refractivity (Wildman–Crippen MR) is 123 cm³/mol. The second-order valence-electron chi connectivity index (χ2n) is 7.78. The lowest BCUT2D eigenvalue weighted by Gasteiger charge is -2.17. The van der Waals surface area contributed by atoms with E-state index < -0.39 is 11.6 Å². The van der Waals surface area contributed by atoms with Crippen molar-refractivity contribution in [3.63, 3.8) is 0 Å². The van der Waals surface area contributed by atoms with Crippen LogP contribution in [0, 0.1) is 0 Å². The number of aliphatic hydroxyl groups is 3. The first kappa shape index (κ1) is 27.9. The van der Waals surface area contributed by atoms with Crippen LogP contribution in [0.15, 0.2) is 29.8 Å². The summed E-state index contributed by atoms with van der Waals surface area (Å²) in [5.41, 5.74) is 1.03. The number of hydrogen-bond donors (Lipinski definition) is 3. The fourth-order valence-electron chi connectivity index (χ4n) is 3.88. The van der Waals surface area contributed by atoms with Crippen LogP contribution in [0.1, 0.15) is 73.7 Å². The number of rotatable bonds is 15. The largest absolute Gasteiger partial charge is 1.00 e. The van der Waals surface area contributed by atoms with Crippen LogP contribution in [0.25, 0.3) is 5.76 Å². The molecule has 0 aliphatic heterocycles. The summed E-state index contributed by atoms with van der Waals surface area (Å²) in [6, 6.07) is 6.73. The predicted octanol–water partition coefficient (Wildman–Crippen LogP) is 0.839. The zero-order valence-corrected chi connectivity index (χ0v) is 20.6. The molecule has 3 N–H and O–H groups in total. The molecular weight excluding hydrogens is 480 g/mol. The van der Waals surface area contributed by atoms with E-state index in [1.807, 2.05) is 0 Å². The van der Waals surface area contributed by atoms with E-state index in [2.05, 4.69) is 0 Å². The standard InChI is InChI=1S/C24H34O5S.BrH/c25-14-17-30(18-15-26)16-10-6-4-2-1-3-5-7-13-21-22(27)19-11-8-9-12-20(19)23(28)24(21)29;/h8-9,11-12,25-26H,1-7,10,13-18H2;1H. The molecule has 0 amide bonds. The van der Waals surface area contributed by atoms with Gasteiger partial charge in [-0.25, -0.2) is 0 Å². The number of benzene rings is 1. The van der Waals surface area contributed by atoms with E-state index in [4.69, 9.17) is 10.2 Å². The third-order valence-corrected chi connectivity index (χ3v) is 7.95. The molecule has 1 aromatic rings. The van der Waals surface area contributed by atoms with Gasteiger partial charge in [-0.15, -0.1) is 0 Å². The maximum absolute atomic E-state index is 12.3. The number of aliphatic hydroxyl groups excluding tert-OH is 3. The highest BCUT2D eigenvalue weighted by molar-refractivity contribution is 7.96. The molecule has 0 aromatic heterocycles. The molecule has 2 rings (SSSR count). The molecule has 0 heterocycles. The second kappa shape index (κ2) is 15.6. The van der Waals surface area contributed by atoms with E-state index in [1.165, 1.54) is 19.3 Å². The molecule has 1 aliphatic rings. The van der Waals surface area contributed by atoms with Crippen LogP contribution < -0.4 is 17.0 Å². The first-order valence-electron chi connectivity index (χ1n) is 11.1. The maximum Gasteiger partial charge on any atom is 0.234 e. The number of halogens is 1. The van der Waals surface area contributed by atoms with E-state index in [1.54, 1.807) is 24.3 Å². The smallest absolute Gasteiger partial charge is 0.234 e. The normalized spacial score (nSPS) is 13.5. The Bertz CT molecular complexity index is 728. The van der Waals surface area contributed by atoms with Gasteiger partial charge in [-0.2, -0.15) is 0 Å². The van der Waals surface area contributed by atoms with Gasteiger partial charge in [-0.1, -0.05) is 56.4 Å². The lowest BCUT2D eigenvalue weighted by molar-refractivity contribution is -0.112. The minimum Gasteiger partial charge on any atom is -1.00 e. The van der Waals surface area contributed by atoms with Gasteiger partial charge in [0.1, 0.15) is 23.0 Å². The van der Waals surface area contributed by atoms with E-state index in [0.29, 0.717) is 17.5 Å². The van der Waals surface area contributed by atoms with Crippen molar-refractivity contribution < 1.29 is 41.9 Å². The molecule has 0 radical (unpaired) electrons. The minimum absolute atomic E-state index is 0. The van der Waals surface area contributed by atoms with Crippen molar-refractivity contribution in [2.24, 2.45) is 0 Å². The minimum atomic E-state index is -0.562. The highest BCUT2D eigenvalue weighted by Crippen LogP contribution is 2.30. The zero-order chi connectivity index (χ0) is 21.8. The molecule has 0 atom stereocenters. The Kier molecular flexibility index (Phi) is 14.0. The summed E-state index contributed by atoms with van der Waals surface area (Å²) in [6.45, 7) is 0.425. The van der Waals surface area contributed by atoms with Crippen molar-refractivity contribution in [1.82, 2.24) is 0 Å². The van der Waals surface area contributed by atoms with Crippen molar-refractivity contribution in [3.05, 3.63) is 41.0 Å². The SMILES string of the molecule is O=C1C(=O)c2ccccc2C(O)=C1CCCCCCCCCC[S+](CCO)CCO.[Br-]. The Balaban J connectivity index is 0.00000480. The van der Waals surface area contributed by atoms with Crippen LogP contribution in [0.2, 0.25) is 0 Å². The molecule has 7 heteroatoms. The van der Waals surface area contributed by atoms with Crippen molar-refractivity contribution in [2.75, 3.05) is 30.5 Å². The number of carbonyl (C=O) groups excluding carboxylic acids is 2. The van der Waals surface area contributed by atoms with Gasteiger partial charge in [0.05, 0.1) is 13.2 Å². The summed E-state index contributed by atoms with van der Waals surface area (Å²) < 4.78 is 0. The Morgan fingerprint density at radius 3 is 1.77 bits per heavy atom. The van der Waals surface area contributed by atoms with Crippen LogP contribution in [-0.2, 0) is 15.7 Å². The maximum atomic E-state index is 12.3. The third-order valence-electron chi connectivity index (χ3n) is 5.56. The molecule has 0 saturated carbocycles. The summed E-state index contributed by atoms with van der Waals surface area (Å²) in [6.07, 6.45) is 9.21. The second-order valence-corrected chi connectivity index (χ2v) is 10.2. The Morgan fingerprint density at radius 2 is 1.19 bits per heavy atom. The van der Waals surface area contributed by atoms with Crippen LogP contribution in [0.4, 0.5) is 0 Å². The van der Waals surface area contributed by atoms with Gasteiger partial charge in [0.15, 0.2) is 0 Å². The highest BCUT2D eigenvalue weighted by atomic mass is 79.9. The molecule has 0 bridgehead atoms. The fraction of sp³-hybridized carbons (Fsp3) is 0.583. The van der Waals surface area contributed by atoms with Crippen LogP contribution in [-0.4, -0.2) is 57.4 Å². The quantitative estimate of drug-likeness (QED) is 0.183. The number of carbonyl (C=O) groups is 2. The number of Topliss-reactive ketones (excluding diaryl/α,β-unsaturated/α-hetero) is 2. The zero-order valence-electron chi connectivity index (χ0n) is 18.2. The fourth-order valence-corrected chi connectivity index (χ4v) is 5.62. The average Bonchev–Trinajstić information content (AvgIpc) is 2.75. The van der Waals surface area contributed by atoms with Crippen LogP contribution in [0.5, 0.6) is 0 Å². The summed E-state index contributed by atoms with van der Waals surface area (Å²) in [4.78, 5) is 24.5. The lowest BCUT2D eigenvalue weighted by atomic mass is 9.86. The van der Waals surface area contributed by atoms with E-state index in [0.717, 1.165) is 49.4 Å². The topological polar surface area (TPSA) is 94.8 Å². The molecule has 0 spiro atoms. The molecular formula is C24H35BrO5S. The summed E-state index contributed by atoms with van der Waals surface area (Å²) in [5, 5.41) is 28.5. The Morgan fingerprint density at radius 1 is 0.677 bits per heavy atom. The van der Waals surface area contributed by atoms with Gasteiger partial charge in [0.2, 0.25) is 11.6 Å². The molecule has 0 unspecified atom stereocenters. The van der Waals surface area contributed by atoms with E-state index >= 15 is 0 Å². The molecule has 1 aliphatic carbocycles. The van der Waals surface area contributed by atoms with Gasteiger partial charge < -0.3 is 32.3 Å². The van der Waals surface area contributed by atoms with E-state index in [9.17, 15) is 14.7 Å². The Labute approximate surface area is 199 Å². The molecule has 0 saturated heterocycles. The summed E-state index contributed by atoms with van der Waals surface area (Å²) in [5.74, 6) is 1.62. The molecule has 0 fully saturated rings. The Hall–Kier alpha value is -1.15. The van der Waals surface area contributed by atoms with Gasteiger partial charge in [0.25, 0.3) is 0 Å². The monoisotopic (exact) mass is 514 g/mol. The van der Waals surface area contributed by atoms with Crippen molar-refractivity contribution in [3.8, 4) is 0 Å². The summed E-state index contributed by atoms with van der Waals surface area (Å²) >= 11 is 0. The van der Waals surface area contributed by atoms with Gasteiger partial charge in [-0.05, 0) is 36.6 Å². The van der Waals surface area contributed by atoms with Crippen molar-refractivity contribution in [1.29, 1.82) is 0 Å². The van der Waals surface area contributed by atoms with Crippen LogP contribution >= 0.6 is 0 Å². The molecule has 174 valence electrons. The van der Waals surface area contributed by atoms with Crippen LogP contribution in [0.3, 0.4) is 0 Å².